The van der Waals surface area contributed by atoms with Crippen molar-refractivity contribution in [3.63, 3.8) is 0 Å². The molecule has 0 bridgehead atoms. The molecular formula is C17H19NO3. The number of benzene rings is 1. The first-order valence-corrected chi connectivity index (χ1v) is 7.12. The molecule has 0 aliphatic carbocycles. The summed E-state index contributed by atoms with van der Waals surface area (Å²) in [6, 6.07) is 13.5. The molecule has 4 nitrogen and oxygen atoms in total. The molecule has 0 radical (unpaired) electrons. The maximum absolute atomic E-state index is 11.0. The van der Waals surface area contributed by atoms with Crippen LogP contribution in [-0.2, 0) is 6.42 Å². The zero-order chi connectivity index (χ0) is 14.9. The SMILES string of the molecule is O=C(O)c1cccnc1OCCCCCc1ccccc1. The van der Waals surface area contributed by atoms with Crippen LogP contribution in [0.1, 0.15) is 35.2 Å². The van der Waals surface area contributed by atoms with Crippen molar-refractivity contribution in [2.45, 2.75) is 25.7 Å². The maximum Gasteiger partial charge on any atom is 0.341 e. The van der Waals surface area contributed by atoms with Crippen molar-refractivity contribution in [2.24, 2.45) is 0 Å². The fourth-order valence-corrected chi connectivity index (χ4v) is 2.09. The predicted molar refractivity (Wildman–Crippen MR) is 80.7 cm³/mol. The molecule has 0 saturated carbocycles. The Morgan fingerprint density at radius 1 is 1.05 bits per heavy atom. The first kappa shape index (κ1) is 15.0. The number of carboxylic acids is 1. The van der Waals surface area contributed by atoms with Gasteiger partial charge in [-0.25, -0.2) is 9.78 Å². The molecule has 0 atom stereocenters. The van der Waals surface area contributed by atoms with Gasteiger partial charge in [-0.05, 0) is 43.4 Å². The highest BCUT2D eigenvalue weighted by atomic mass is 16.5. The highest BCUT2D eigenvalue weighted by Gasteiger charge is 2.11. The van der Waals surface area contributed by atoms with Crippen LogP contribution in [0, 0.1) is 0 Å². The summed E-state index contributed by atoms with van der Waals surface area (Å²) < 4.78 is 5.46. The number of aryl methyl sites for hydroxylation is 1. The van der Waals surface area contributed by atoms with Gasteiger partial charge in [-0.3, -0.25) is 0 Å². The third-order valence-electron chi connectivity index (χ3n) is 3.19. The van der Waals surface area contributed by atoms with E-state index in [4.69, 9.17) is 9.84 Å². The van der Waals surface area contributed by atoms with Crippen molar-refractivity contribution in [2.75, 3.05) is 6.61 Å². The van der Waals surface area contributed by atoms with Gasteiger partial charge in [0.15, 0.2) is 0 Å². The number of carbonyl (C=O) groups is 1. The fraction of sp³-hybridized carbons (Fsp3) is 0.294. The molecule has 1 aromatic carbocycles. The molecular weight excluding hydrogens is 266 g/mol. The smallest absolute Gasteiger partial charge is 0.341 e. The summed E-state index contributed by atoms with van der Waals surface area (Å²) in [5, 5.41) is 9.01. The lowest BCUT2D eigenvalue weighted by molar-refractivity contribution is 0.0691. The summed E-state index contributed by atoms with van der Waals surface area (Å²) in [7, 11) is 0. The molecule has 4 heteroatoms. The molecule has 0 saturated heterocycles. The average molecular weight is 285 g/mol. The maximum atomic E-state index is 11.0. The number of aromatic nitrogens is 1. The fourth-order valence-electron chi connectivity index (χ4n) is 2.09. The van der Waals surface area contributed by atoms with Gasteiger partial charge in [0.05, 0.1) is 6.61 Å². The Balaban J connectivity index is 1.67. The minimum absolute atomic E-state index is 0.113. The Kier molecular flexibility index (Phi) is 5.76. The lowest BCUT2D eigenvalue weighted by Gasteiger charge is -2.07. The average Bonchev–Trinajstić information content (AvgIpc) is 2.52. The van der Waals surface area contributed by atoms with Crippen molar-refractivity contribution in [1.29, 1.82) is 0 Å². The molecule has 0 fully saturated rings. The van der Waals surface area contributed by atoms with Crippen LogP contribution in [0.15, 0.2) is 48.7 Å². The number of hydrogen-bond donors (Lipinski definition) is 1. The number of hydrogen-bond acceptors (Lipinski definition) is 3. The highest BCUT2D eigenvalue weighted by molar-refractivity contribution is 5.90. The quantitative estimate of drug-likeness (QED) is 0.753. The largest absolute Gasteiger partial charge is 0.477 e. The molecule has 1 N–H and O–H groups in total. The van der Waals surface area contributed by atoms with Gasteiger partial charge in [-0.15, -0.1) is 0 Å². The molecule has 21 heavy (non-hydrogen) atoms. The molecule has 1 aromatic heterocycles. The van der Waals surface area contributed by atoms with Gasteiger partial charge in [-0.1, -0.05) is 30.3 Å². The van der Waals surface area contributed by atoms with Gasteiger partial charge in [0.2, 0.25) is 5.88 Å². The van der Waals surface area contributed by atoms with Gasteiger partial charge in [0, 0.05) is 6.20 Å². The van der Waals surface area contributed by atoms with E-state index in [1.807, 2.05) is 18.2 Å². The van der Waals surface area contributed by atoms with E-state index < -0.39 is 5.97 Å². The number of nitrogens with zero attached hydrogens (tertiary/aromatic N) is 1. The van der Waals surface area contributed by atoms with Crippen LogP contribution in [0.5, 0.6) is 5.88 Å². The molecule has 0 spiro atoms. The van der Waals surface area contributed by atoms with E-state index in [0.29, 0.717) is 6.61 Å². The van der Waals surface area contributed by atoms with Crippen LogP contribution in [0.4, 0.5) is 0 Å². The van der Waals surface area contributed by atoms with Crippen molar-refractivity contribution in [3.05, 3.63) is 59.8 Å². The third kappa shape index (κ3) is 4.91. The summed E-state index contributed by atoms with van der Waals surface area (Å²) >= 11 is 0. The zero-order valence-corrected chi connectivity index (χ0v) is 11.9. The van der Waals surface area contributed by atoms with Gasteiger partial charge < -0.3 is 9.84 Å². The minimum atomic E-state index is -1.01. The van der Waals surface area contributed by atoms with Crippen LogP contribution in [-0.4, -0.2) is 22.7 Å². The monoisotopic (exact) mass is 285 g/mol. The molecule has 0 aliphatic heterocycles. The van der Waals surface area contributed by atoms with E-state index in [1.54, 1.807) is 6.07 Å². The first-order valence-electron chi connectivity index (χ1n) is 7.12. The van der Waals surface area contributed by atoms with E-state index in [1.165, 1.54) is 17.8 Å². The van der Waals surface area contributed by atoms with E-state index in [-0.39, 0.29) is 11.4 Å². The van der Waals surface area contributed by atoms with Crippen LogP contribution in [0.2, 0.25) is 0 Å². The summed E-state index contributed by atoms with van der Waals surface area (Å²) in [5.74, 6) is -0.810. The van der Waals surface area contributed by atoms with Crippen molar-refractivity contribution >= 4 is 5.97 Å². The zero-order valence-electron chi connectivity index (χ0n) is 11.9. The lowest BCUT2D eigenvalue weighted by Crippen LogP contribution is -2.06. The number of ether oxygens (including phenoxy) is 1. The second-order valence-electron chi connectivity index (χ2n) is 4.81. The molecule has 110 valence electrons. The van der Waals surface area contributed by atoms with E-state index in [0.717, 1.165) is 25.7 Å². The Hall–Kier alpha value is -2.36. The number of rotatable bonds is 8. The summed E-state index contributed by atoms with van der Waals surface area (Å²) in [4.78, 5) is 15.0. The predicted octanol–water partition coefficient (Wildman–Crippen LogP) is 3.57. The Labute approximate surface area is 124 Å². The number of carboxylic acid groups (broad SMARTS) is 1. The molecule has 0 amide bonds. The first-order chi connectivity index (χ1) is 10.3. The lowest BCUT2D eigenvalue weighted by atomic mass is 10.1. The summed E-state index contributed by atoms with van der Waals surface area (Å²) in [6.07, 6.45) is 5.63. The van der Waals surface area contributed by atoms with Gasteiger partial charge in [0.25, 0.3) is 0 Å². The van der Waals surface area contributed by atoms with E-state index in [2.05, 4.69) is 17.1 Å². The van der Waals surface area contributed by atoms with Crippen LogP contribution >= 0.6 is 0 Å². The minimum Gasteiger partial charge on any atom is -0.477 e. The Morgan fingerprint density at radius 2 is 1.86 bits per heavy atom. The summed E-state index contributed by atoms with van der Waals surface area (Å²) in [5.41, 5.74) is 1.46. The van der Waals surface area contributed by atoms with Crippen molar-refractivity contribution in [3.8, 4) is 5.88 Å². The van der Waals surface area contributed by atoms with Crippen LogP contribution in [0.3, 0.4) is 0 Å². The van der Waals surface area contributed by atoms with Crippen LogP contribution in [0.25, 0.3) is 0 Å². The molecule has 0 unspecified atom stereocenters. The van der Waals surface area contributed by atoms with Gasteiger partial charge in [-0.2, -0.15) is 0 Å². The third-order valence-corrected chi connectivity index (χ3v) is 3.19. The number of unbranched alkanes of at least 4 members (excludes halogenated alkanes) is 2. The van der Waals surface area contributed by atoms with Crippen LogP contribution < -0.4 is 4.74 Å². The van der Waals surface area contributed by atoms with Gasteiger partial charge >= 0.3 is 5.97 Å². The number of aromatic carboxylic acids is 1. The normalized spacial score (nSPS) is 10.3. The molecule has 2 aromatic rings. The molecule has 1 heterocycles. The van der Waals surface area contributed by atoms with E-state index in [9.17, 15) is 4.79 Å². The molecule has 0 aliphatic rings. The van der Waals surface area contributed by atoms with Gasteiger partial charge in [0.1, 0.15) is 5.56 Å². The van der Waals surface area contributed by atoms with Crippen molar-refractivity contribution in [1.82, 2.24) is 4.98 Å². The second-order valence-corrected chi connectivity index (χ2v) is 4.81. The highest BCUT2D eigenvalue weighted by Crippen LogP contribution is 2.14. The second kappa shape index (κ2) is 8.04. The Bertz CT molecular complexity index is 569. The summed E-state index contributed by atoms with van der Waals surface area (Å²) in [6.45, 7) is 0.492. The standard InChI is InChI=1S/C17H19NO3/c19-17(20)15-11-7-12-18-16(15)21-13-6-2-5-10-14-8-3-1-4-9-14/h1,3-4,7-9,11-12H,2,5-6,10,13H2,(H,19,20). The molecule has 2 rings (SSSR count). The van der Waals surface area contributed by atoms with Crippen molar-refractivity contribution < 1.29 is 14.6 Å². The Morgan fingerprint density at radius 3 is 2.62 bits per heavy atom. The van der Waals surface area contributed by atoms with E-state index >= 15 is 0 Å². The topological polar surface area (TPSA) is 59.4 Å². The number of pyridine rings is 1.